The molecule has 86 valence electrons. The number of nitrogens with one attached hydrogen (secondary N) is 1. The van der Waals surface area contributed by atoms with E-state index in [1.807, 2.05) is 18.5 Å². The second-order valence-electron chi connectivity index (χ2n) is 4.24. The van der Waals surface area contributed by atoms with Gasteiger partial charge in [0, 0.05) is 35.1 Å². The third-order valence-electron chi connectivity index (χ3n) is 3.14. The first-order valence-corrected chi connectivity index (χ1v) is 5.35. The molecular formula is C13H11FN2O. The average molecular weight is 230 g/mol. The predicted molar refractivity (Wildman–Crippen MR) is 65.7 cm³/mol. The number of H-pyrrole nitrogens is 1. The van der Waals surface area contributed by atoms with E-state index in [4.69, 9.17) is 0 Å². The molecule has 1 N–H and O–H groups in total. The molecular weight excluding hydrogens is 219 g/mol. The van der Waals surface area contributed by atoms with Crippen LogP contribution in [0.1, 0.15) is 5.69 Å². The summed E-state index contributed by atoms with van der Waals surface area (Å²) in [5, 5.41) is 1.57. The van der Waals surface area contributed by atoms with Gasteiger partial charge in [-0.15, -0.1) is 0 Å². The Kier molecular flexibility index (Phi) is 1.90. The molecule has 0 aliphatic heterocycles. The molecule has 0 saturated carbocycles. The normalized spacial score (nSPS) is 11.5. The van der Waals surface area contributed by atoms with Crippen LogP contribution in [-0.2, 0) is 7.05 Å². The van der Waals surface area contributed by atoms with Crippen LogP contribution in [0.5, 0.6) is 0 Å². The highest BCUT2D eigenvalue weighted by Crippen LogP contribution is 2.28. The van der Waals surface area contributed by atoms with Crippen LogP contribution in [0, 0.1) is 12.7 Å². The summed E-state index contributed by atoms with van der Waals surface area (Å²) in [6.45, 7) is 1.85. The number of aryl methyl sites for hydroxylation is 2. The largest absolute Gasteiger partial charge is 0.342 e. The van der Waals surface area contributed by atoms with E-state index in [2.05, 4.69) is 4.98 Å². The summed E-state index contributed by atoms with van der Waals surface area (Å²) < 4.78 is 15.2. The predicted octanol–water partition coefficient (Wildman–Crippen LogP) is 2.47. The van der Waals surface area contributed by atoms with Gasteiger partial charge >= 0.3 is 0 Å². The highest BCUT2D eigenvalue weighted by Gasteiger charge is 2.11. The quantitative estimate of drug-likeness (QED) is 0.633. The van der Waals surface area contributed by atoms with Gasteiger partial charge in [0.1, 0.15) is 5.82 Å². The van der Waals surface area contributed by atoms with Crippen molar-refractivity contribution in [1.29, 1.82) is 0 Å². The summed E-state index contributed by atoms with van der Waals surface area (Å²) in [6, 6.07) is 6.15. The fourth-order valence-electron chi connectivity index (χ4n) is 2.46. The minimum atomic E-state index is -0.289. The average Bonchev–Trinajstić information content (AvgIpc) is 2.52. The van der Waals surface area contributed by atoms with Crippen molar-refractivity contribution in [3.63, 3.8) is 0 Å². The van der Waals surface area contributed by atoms with Crippen molar-refractivity contribution >= 4 is 21.8 Å². The standard InChI is InChI=1S/C13H11FN2O/c1-7-13-10(6-12(17)15-7)9-5-8(14)3-4-11(9)16(13)2/h3-6H,1-2H3,(H,15,17). The molecule has 0 atom stereocenters. The lowest BCUT2D eigenvalue weighted by Gasteiger charge is -2.00. The number of rotatable bonds is 0. The Labute approximate surface area is 96.5 Å². The second-order valence-corrected chi connectivity index (χ2v) is 4.24. The Bertz CT molecular complexity index is 798. The summed E-state index contributed by atoms with van der Waals surface area (Å²) in [6.07, 6.45) is 0. The molecule has 1 aromatic carbocycles. The Morgan fingerprint density at radius 3 is 2.76 bits per heavy atom. The Balaban J connectivity index is 2.69. The van der Waals surface area contributed by atoms with Crippen molar-refractivity contribution in [2.45, 2.75) is 6.92 Å². The minimum Gasteiger partial charge on any atom is -0.342 e. The van der Waals surface area contributed by atoms with Crippen LogP contribution >= 0.6 is 0 Å². The van der Waals surface area contributed by atoms with Crippen molar-refractivity contribution in [2.24, 2.45) is 7.05 Å². The monoisotopic (exact) mass is 230 g/mol. The van der Waals surface area contributed by atoms with Gasteiger partial charge in [0.05, 0.1) is 5.52 Å². The molecule has 0 amide bonds. The smallest absolute Gasteiger partial charge is 0.248 e. The number of pyridine rings is 1. The first kappa shape index (κ1) is 10.1. The van der Waals surface area contributed by atoms with Crippen LogP contribution in [0.3, 0.4) is 0 Å². The summed E-state index contributed by atoms with van der Waals surface area (Å²) >= 11 is 0. The SMILES string of the molecule is Cc1[nH]c(=O)cc2c3cc(F)ccc3n(C)c12. The molecule has 3 aromatic rings. The molecule has 2 aromatic heterocycles. The first-order valence-electron chi connectivity index (χ1n) is 5.35. The summed E-state index contributed by atoms with van der Waals surface area (Å²) in [5.74, 6) is -0.289. The molecule has 0 bridgehead atoms. The van der Waals surface area contributed by atoms with Gasteiger partial charge in [-0.25, -0.2) is 4.39 Å². The van der Waals surface area contributed by atoms with E-state index in [-0.39, 0.29) is 11.4 Å². The van der Waals surface area contributed by atoms with E-state index in [9.17, 15) is 9.18 Å². The van der Waals surface area contributed by atoms with Gasteiger partial charge in [-0.05, 0) is 25.1 Å². The maximum Gasteiger partial charge on any atom is 0.248 e. The summed E-state index contributed by atoms with van der Waals surface area (Å²) in [4.78, 5) is 14.2. The fourth-order valence-corrected chi connectivity index (χ4v) is 2.46. The van der Waals surface area contributed by atoms with Gasteiger partial charge in [-0.2, -0.15) is 0 Å². The molecule has 0 fully saturated rings. The maximum atomic E-state index is 13.3. The molecule has 3 nitrogen and oxygen atoms in total. The number of hydrogen-bond donors (Lipinski definition) is 1. The lowest BCUT2D eigenvalue weighted by Crippen LogP contribution is -2.06. The Hall–Kier alpha value is -2.10. The molecule has 4 heteroatoms. The summed E-state index contributed by atoms with van der Waals surface area (Å²) in [5.41, 5.74) is 2.49. The molecule has 0 unspecified atom stereocenters. The van der Waals surface area contributed by atoms with Gasteiger partial charge in [0.25, 0.3) is 0 Å². The van der Waals surface area contributed by atoms with Crippen molar-refractivity contribution in [1.82, 2.24) is 9.55 Å². The van der Waals surface area contributed by atoms with E-state index in [1.165, 1.54) is 18.2 Å². The van der Waals surface area contributed by atoms with Crippen molar-refractivity contribution in [3.8, 4) is 0 Å². The number of fused-ring (bicyclic) bond motifs is 3. The van der Waals surface area contributed by atoms with Crippen molar-refractivity contribution in [3.05, 3.63) is 46.1 Å². The van der Waals surface area contributed by atoms with Gasteiger partial charge in [0.15, 0.2) is 0 Å². The minimum absolute atomic E-state index is 0.160. The van der Waals surface area contributed by atoms with E-state index < -0.39 is 0 Å². The molecule has 3 rings (SSSR count). The zero-order chi connectivity index (χ0) is 12.2. The third kappa shape index (κ3) is 1.30. The Morgan fingerprint density at radius 1 is 1.24 bits per heavy atom. The van der Waals surface area contributed by atoms with E-state index in [1.54, 1.807) is 6.07 Å². The number of aromatic nitrogens is 2. The number of nitrogens with zero attached hydrogens (tertiary/aromatic N) is 1. The molecule has 0 aliphatic carbocycles. The first-order chi connectivity index (χ1) is 8.08. The van der Waals surface area contributed by atoms with Gasteiger partial charge in [0.2, 0.25) is 5.56 Å². The molecule has 0 spiro atoms. The van der Waals surface area contributed by atoms with Crippen LogP contribution < -0.4 is 5.56 Å². The lowest BCUT2D eigenvalue weighted by atomic mass is 10.1. The van der Waals surface area contributed by atoms with Crippen molar-refractivity contribution < 1.29 is 4.39 Å². The molecule has 2 heterocycles. The number of halogens is 1. The van der Waals surface area contributed by atoms with Gasteiger partial charge in [-0.3, -0.25) is 4.79 Å². The molecule has 0 saturated heterocycles. The van der Waals surface area contributed by atoms with Crippen molar-refractivity contribution in [2.75, 3.05) is 0 Å². The van der Waals surface area contributed by atoms with Crippen LogP contribution in [0.2, 0.25) is 0 Å². The highest BCUT2D eigenvalue weighted by molar-refractivity contribution is 6.08. The van der Waals surface area contributed by atoms with Crippen LogP contribution in [-0.4, -0.2) is 9.55 Å². The maximum absolute atomic E-state index is 13.3. The number of aromatic amines is 1. The fraction of sp³-hybridized carbons (Fsp3) is 0.154. The number of benzene rings is 1. The van der Waals surface area contributed by atoms with Crippen LogP contribution in [0.4, 0.5) is 4.39 Å². The topological polar surface area (TPSA) is 37.8 Å². The zero-order valence-electron chi connectivity index (χ0n) is 9.54. The highest BCUT2D eigenvalue weighted by atomic mass is 19.1. The molecule has 0 radical (unpaired) electrons. The van der Waals surface area contributed by atoms with E-state index >= 15 is 0 Å². The number of hydrogen-bond acceptors (Lipinski definition) is 1. The van der Waals surface area contributed by atoms with Crippen LogP contribution in [0.25, 0.3) is 21.8 Å². The van der Waals surface area contributed by atoms with E-state index in [0.29, 0.717) is 0 Å². The van der Waals surface area contributed by atoms with Crippen LogP contribution in [0.15, 0.2) is 29.1 Å². The van der Waals surface area contributed by atoms with Gasteiger partial charge in [-0.1, -0.05) is 0 Å². The lowest BCUT2D eigenvalue weighted by molar-refractivity contribution is 0.629. The molecule has 17 heavy (non-hydrogen) atoms. The third-order valence-corrected chi connectivity index (χ3v) is 3.14. The second kappa shape index (κ2) is 3.20. The zero-order valence-corrected chi connectivity index (χ0v) is 9.54. The Morgan fingerprint density at radius 2 is 2.00 bits per heavy atom. The summed E-state index contributed by atoms with van der Waals surface area (Å²) in [7, 11) is 1.91. The van der Waals surface area contributed by atoms with Gasteiger partial charge < -0.3 is 9.55 Å². The van der Waals surface area contributed by atoms with E-state index in [0.717, 1.165) is 27.5 Å². The molecule has 0 aliphatic rings.